The zero-order valence-electron chi connectivity index (χ0n) is 10.9. The van der Waals surface area contributed by atoms with Crippen LogP contribution in [-0.2, 0) is 0 Å². The third-order valence-corrected chi connectivity index (χ3v) is 3.74. The zero-order chi connectivity index (χ0) is 13.7. The number of nitrogens with zero attached hydrogens (tertiary/aromatic N) is 1. The van der Waals surface area contributed by atoms with Gasteiger partial charge in [0.05, 0.1) is 18.1 Å². The van der Waals surface area contributed by atoms with Gasteiger partial charge in [-0.2, -0.15) is 0 Å². The predicted octanol–water partition coefficient (Wildman–Crippen LogP) is 4.39. The lowest BCUT2D eigenvalue weighted by molar-refractivity contribution is 0.415. The van der Waals surface area contributed by atoms with Gasteiger partial charge in [-0.15, -0.1) is 0 Å². The molecule has 0 spiro atoms. The van der Waals surface area contributed by atoms with E-state index >= 15 is 0 Å². The Morgan fingerprint density at radius 2 is 1.80 bits per heavy atom. The van der Waals surface area contributed by atoms with Crippen molar-refractivity contribution >= 4 is 27.2 Å². The number of hydrogen-bond donors (Lipinski definition) is 0. The Labute approximate surface area is 115 Å². The number of methoxy groups -OCH3 is 1. The van der Waals surface area contributed by atoms with Crippen LogP contribution in [0.3, 0.4) is 0 Å². The molecule has 0 amide bonds. The maximum atomic E-state index is 14.6. The van der Waals surface area contributed by atoms with Crippen molar-refractivity contribution in [2.45, 2.75) is 0 Å². The Balaban J connectivity index is 2.21. The fourth-order valence-electron chi connectivity index (χ4n) is 2.74. The molecule has 0 fully saturated rings. The normalized spacial score (nSPS) is 11.5. The van der Waals surface area contributed by atoms with Crippen LogP contribution in [0.4, 0.5) is 4.39 Å². The van der Waals surface area contributed by atoms with Crippen LogP contribution >= 0.6 is 0 Å². The lowest BCUT2D eigenvalue weighted by atomic mass is 10.1. The highest BCUT2D eigenvalue weighted by atomic mass is 19.1. The molecule has 0 bridgehead atoms. The molecule has 20 heavy (non-hydrogen) atoms. The molecular weight excluding hydrogens is 253 g/mol. The maximum Gasteiger partial charge on any atom is 0.155 e. The van der Waals surface area contributed by atoms with Gasteiger partial charge < -0.3 is 9.14 Å². The lowest BCUT2D eigenvalue weighted by Gasteiger charge is -2.04. The summed E-state index contributed by atoms with van der Waals surface area (Å²) < 4.78 is 21.8. The van der Waals surface area contributed by atoms with Crippen LogP contribution < -0.4 is 4.74 Å². The van der Waals surface area contributed by atoms with Crippen LogP contribution in [0.1, 0.15) is 0 Å². The summed E-state index contributed by atoms with van der Waals surface area (Å²) in [6.45, 7) is 0. The molecule has 0 aliphatic carbocycles. The van der Waals surface area contributed by atoms with E-state index in [0.29, 0.717) is 10.9 Å². The van der Waals surface area contributed by atoms with Gasteiger partial charge in [-0.05, 0) is 24.3 Å². The van der Waals surface area contributed by atoms with Gasteiger partial charge in [-0.1, -0.05) is 24.3 Å². The molecular formula is C17H12FNO. The van der Waals surface area contributed by atoms with Gasteiger partial charge in [-0.3, -0.25) is 0 Å². The number of ether oxygens (including phenoxy) is 1. The average Bonchev–Trinajstić information content (AvgIpc) is 2.85. The second kappa shape index (κ2) is 3.97. The van der Waals surface area contributed by atoms with Crippen molar-refractivity contribution < 1.29 is 9.13 Å². The fourth-order valence-corrected chi connectivity index (χ4v) is 2.74. The van der Waals surface area contributed by atoms with Crippen molar-refractivity contribution in [3.63, 3.8) is 0 Å². The first-order valence-electron chi connectivity index (χ1n) is 6.44. The van der Waals surface area contributed by atoms with Gasteiger partial charge in [0.25, 0.3) is 0 Å². The number of hydrogen-bond acceptors (Lipinski definition) is 1. The Kier molecular flexibility index (Phi) is 2.24. The molecule has 0 aliphatic heterocycles. The summed E-state index contributed by atoms with van der Waals surface area (Å²) in [6, 6.07) is 15.1. The summed E-state index contributed by atoms with van der Waals surface area (Å²) in [5.74, 6) is 0.594. The molecule has 98 valence electrons. The minimum Gasteiger partial charge on any atom is -0.497 e. The largest absolute Gasteiger partial charge is 0.497 e. The van der Waals surface area contributed by atoms with Crippen LogP contribution in [0.2, 0.25) is 0 Å². The third-order valence-electron chi connectivity index (χ3n) is 3.74. The monoisotopic (exact) mass is 265 g/mol. The first kappa shape index (κ1) is 11.3. The van der Waals surface area contributed by atoms with E-state index in [0.717, 1.165) is 22.0 Å². The summed E-state index contributed by atoms with van der Waals surface area (Å²) in [5, 5.41) is 2.51. The first-order valence-corrected chi connectivity index (χ1v) is 6.44. The van der Waals surface area contributed by atoms with Crippen LogP contribution in [0.15, 0.2) is 54.7 Å². The molecule has 0 N–H and O–H groups in total. The van der Waals surface area contributed by atoms with Crippen molar-refractivity contribution in [3.8, 4) is 5.75 Å². The molecule has 2 heterocycles. The standard InChI is InChI=1S/C17H12FNO/c1-20-13-6-7-15-12(8-13)9-16-17(18)14-5-3-2-4-11(14)10-19(15)16/h2-10H,1H3. The third kappa shape index (κ3) is 1.43. The number of benzene rings is 2. The zero-order valence-corrected chi connectivity index (χ0v) is 10.9. The van der Waals surface area contributed by atoms with Gasteiger partial charge in [0, 0.05) is 22.4 Å². The van der Waals surface area contributed by atoms with Crippen molar-refractivity contribution in [2.75, 3.05) is 7.11 Å². The molecule has 4 rings (SSSR count). The summed E-state index contributed by atoms with van der Waals surface area (Å²) in [7, 11) is 1.63. The van der Waals surface area contributed by atoms with Crippen molar-refractivity contribution in [1.82, 2.24) is 4.40 Å². The average molecular weight is 265 g/mol. The van der Waals surface area contributed by atoms with Gasteiger partial charge >= 0.3 is 0 Å². The fraction of sp³-hybridized carbons (Fsp3) is 0.0588. The molecule has 0 unspecified atom stereocenters. The Morgan fingerprint density at radius 1 is 0.950 bits per heavy atom. The molecule has 2 aromatic heterocycles. The van der Waals surface area contributed by atoms with Gasteiger partial charge in [-0.25, -0.2) is 4.39 Å². The van der Waals surface area contributed by atoms with E-state index in [4.69, 9.17) is 4.74 Å². The van der Waals surface area contributed by atoms with Crippen LogP contribution in [0.25, 0.3) is 27.2 Å². The van der Waals surface area contributed by atoms with E-state index in [9.17, 15) is 4.39 Å². The summed E-state index contributed by atoms with van der Waals surface area (Å²) in [4.78, 5) is 0. The first-order chi connectivity index (χ1) is 9.78. The predicted molar refractivity (Wildman–Crippen MR) is 78.9 cm³/mol. The highest BCUT2D eigenvalue weighted by Gasteiger charge is 2.11. The molecule has 0 atom stereocenters. The molecule has 4 aromatic rings. The SMILES string of the molecule is COc1ccc2c(c1)cc1c(F)c3ccccc3cn12. The minimum absolute atomic E-state index is 0.182. The second-order valence-corrected chi connectivity index (χ2v) is 4.85. The quantitative estimate of drug-likeness (QED) is 0.497. The van der Waals surface area contributed by atoms with Crippen molar-refractivity contribution in [3.05, 3.63) is 60.5 Å². The summed E-state index contributed by atoms with van der Waals surface area (Å²) >= 11 is 0. The Hall–Kier alpha value is -2.55. The molecule has 0 aliphatic rings. The number of rotatable bonds is 1. The second-order valence-electron chi connectivity index (χ2n) is 4.85. The number of aromatic nitrogens is 1. The van der Waals surface area contributed by atoms with E-state index in [2.05, 4.69) is 0 Å². The Bertz CT molecular complexity index is 955. The summed E-state index contributed by atoms with van der Waals surface area (Å²) in [5.41, 5.74) is 1.57. The smallest absolute Gasteiger partial charge is 0.155 e. The van der Waals surface area contributed by atoms with Gasteiger partial charge in [0.15, 0.2) is 5.82 Å². The van der Waals surface area contributed by atoms with Gasteiger partial charge in [0.1, 0.15) is 5.75 Å². The molecule has 0 radical (unpaired) electrons. The lowest BCUT2D eigenvalue weighted by Crippen LogP contribution is -1.90. The Morgan fingerprint density at radius 3 is 2.65 bits per heavy atom. The number of fused-ring (bicyclic) bond motifs is 4. The minimum atomic E-state index is -0.182. The van der Waals surface area contributed by atoms with E-state index in [1.165, 1.54) is 0 Å². The van der Waals surface area contributed by atoms with Crippen LogP contribution in [-0.4, -0.2) is 11.5 Å². The molecule has 3 heteroatoms. The van der Waals surface area contributed by atoms with Crippen molar-refractivity contribution in [2.24, 2.45) is 0 Å². The molecule has 0 saturated heterocycles. The topological polar surface area (TPSA) is 13.6 Å². The number of pyridine rings is 1. The number of halogens is 1. The summed E-state index contributed by atoms with van der Waals surface area (Å²) in [6.07, 6.45) is 1.97. The van der Waals surface area contributed by atoms with Gasteiger partial charge in [0.2, 0.25) is 0 Å². The molecule has 2 aromatic carbocycles. The maximum absolute atomic E-state index is 14.6. The highest BCUT2D eigenvalue weighted by Crippen LogP contribution is 2.29. The van der Waals surface area contributed by atoms with E-state index in [1.54, 1.807) is 7.11 Å². The van der Waals surface area contributed by atoms with Crippen LogP contribution in [0, 0.1) is 5.82 Å². The highest BCUT2D eigenvalue weighted by molar-refractivity contribution is 5.94. The van der Waals surface area contributed by atoms with E-state index in [-0.39, 0.29) is 5.82 Å². The molecule has 0 saturated carbocycles. The van der Waals surface area contributed by atoms with E-state index < -0.39 is 0 Å². The van der Waals surface area contributed by atoms with Crippen molar-refractivity contribution in [1.29, 1.82) is 0 Å². The molecule has 2 nitrogen and oxygen atoms in total. The van der Waals surface area contributed by atoms with E-state index in [1.807, 2.05) is 59.1 Å². The van der Waals surface area contributed by atoms with Crippen LogP contribution in [0.5, 0.6) is 5.75 Å².